The van der Waals surface area contributed by atoms with Crippen LogP contribution >= 0.6 is 0 Å². The lowest BCUT2D eigenvalue weighted by atomic mass is 9.97. The summed E-state index contributed by atoms with van der Waals surface area (Å²) in [6.07, 6.45) is 2.17. The van der Waals surface area contributed by atoms with Crippen LogP contribution in [0, 0.1) is 5.82 Å². The van der Waals surface area contributed by atoms with E-state index in [1.807, 2.05) is 19.1 Å². The average molecular weight is 271 g/mol. The molecule has 2 aromatic carbocycles. The van der Waals surface area contributed by atoms with E-state index in [2.05, 4.69) is 17.0 Å². The van der Waals surface area contributed by atoms with Crippen LogP contribution in [0.1, 0.15) is 30.5 Å². The second kappa shape index (κ2) is 5.16. The number of phenols is 1. The van der Waals surface area contributed by atoms with Crippen molar-refractivity contribution in [3.05, 3.63) is 59.4 Å². The molecule has 0 fully saturated rings. The molecule has 3 rings (SSSR count). The Hall–Kier alpha value is -2.03. The average Bonchev–Trinajstić information content (AvgIpc) is 2.46. The summed E-state index contributed by atoms with van der Waals surface area (Å²) in [5.74, 6) is -0.377. The Morgan fingerprint density at radius 2 is 2.00 bits per heavy atom. The number of anilines is 1. The van der Waals surface area contributed by atoms with Crippen LogP contribution < -0.4 is 4.90 Å². The van der Waals surface area contributed by atoms with Gasteiger partial charge in [-0.15, -0.1) is 0 Å². The fourth-order valence-corrected chi connectivity index (χ4v) is 2.99. The maximum Gasteiger partial charge on any atom is 0.132 e. The van der Waals surface area contributed by atoms with Crippen molar-refractivity contribution in [1.29, 1.82) is 0 Å². The van der Waals surface area contributed by atoms with Gasteiger partial charge in [-0.05, 0) is 37.5 Å². The molecule has 1 aliphatic rings. The molecule has 0 bridgehead atoms. The number of hydrogen-bond donors (Lipinski definition) is 1. The molecule has 0 aliphatic carbocycles. The van der Waals surface area contributed by atoms with E-state index in [4.69, 9.17) is 0 Å². The number of aryl methyl sites for hydroxylation is 1. The predicted molar refractivity (Wildman–Crippen MR) is 78.6 cm³/mol. The molecule has 1 atom stereocenters. The Balaban J connectivity index is 1.97. The van der Waals surface area contributed by atoms with E-state index in [9.17, 15) is 9.50 Å². The molecular formula is C17H18FNO. The van der Waals surface area contributed by atoms with Crippen LogP contribution in [0.3, 0.4) is 0 Å². The van der Waals surface area contributed by atoms with Crippen molar-refractivity contribution in [2.24, 2.45) is 0 Å². The first-order valence-electron chi connectivity index (χ1n) is 7.00. The highest BCUT2D eigenvalue weighted by Gasteiger charge is 2.23. The second-order valence-corrected chi connectivity index (χ2v) is 5.31. The van der Waals surface area contributed by atoms with E-state index in [0.717, 1.165) is 19.4 Å². The van der Waals surface area contributed by atoms with Crippen LogP contribution in [0.2, 0.25) is 0 Å². The molecule has 20 heavy (non-hydrogen) atoms. The molecule has 0 aromatic heterocycles. The first kappa shape index (κ1) is 13.0. The monoisotopic (exact) mass is 271 g/mol. The number of nitrogens with zero attached hydrogens (tertiary/aromatic N) is 1. The molecule has 0 saturated carbocycles. The normalized spacial score (nSPS) is 15.8. The smallest absolute Gasteiger partial charge is 0.132 e. The van der Waals surface area contributed by atoms with E-state index in [-0.39, 0.29) is 17.6 Å². The highest BCUT2D eigenvalue weighted by atomic mass is 19.1. The molecule has 1 aliphatic heterocycles. The number of phenolic OH excluding ortho intramolecular Hbond substituents is 1. The minimum absolute atomic E-state index is 0.0301. The number of para-hydroxylation sites is 1. The van der Waals surface area contributed by atoms with Gasteiger partial charge in [0.15, 0.2) is 0 Å². The van der Waals surface area contributed by atoms with Gasteiger partial charge in [-0.25, -0.2) is 4.39 Å². The zero-order valence-electron chi connectivity index (χ0n) is 11.5. The van der Waals surface area contributed by atoms with Gasteiger partial charge < -0.3 is 10.0 Å². The van der Waals surface area contributed by atoms with E-state index in [1.165, 1.54) is 17.3 Å². The Morgan fingerprint density at radius 1 is 1.20 bits per heavy atom. The van der Waals surface area contributed by atoms with Gasteiger partial charge in [0, 0.05) is 23.9 Å². The van der Waals surface area contributed by atoms with E-state index >= 15 is 0 Å². The van der Waals surface area contributed by atoms with E-state index in [1.54, 1.807) is 12.1 Å². The predicted octanol–water partition coefficient (Wildman–Crippen LogP) is 4.05. The zero-order valence-corrected chi connectivity index (χ0v) is 11.5. The molecule has 1 heterocycles. The second-order valence-electron chi connectivity index (χ2n) is 5.31. The topological polar surface area (TPSA) is 23.5 Å². The minimum atomic E-state index is -0.347. The van der Waals surface area contributed by atoms with Gasteiger partial charge >= 0.3 is 0 Å². The summed E-state index contributed by atoms with van der Waals surface area (Å²) < 4.78 is 14.0. The summed E-state index contributed by atoms with van der Waals surface area (Å²) in [6.45, 7) is 2.94. The number of rotatable bonds is 2. The van der Waals surface area contributed by atoms with Crippen LogP contribution in [-0.4, -0.2) is 11.7 Å². The third-order valence-corrected chi connectivity index (χ3v) is 4.05. The van der Waals surface area contributed by atoms with Crippen molar-refractivity contribution >= 4 is 5.69 Å². The molecule has 1 N–H and O–H groups in total. The van der Waals surface area contributed by atoms with Gasteiger partial charge in [-0.2, -0.15) is 0 Å². The molecule has 0 spiro atoms. The maximum atomic E-state index is 14.0. The lowest BCUT2D eigenvalue weighted by molar-refractivity contribution is 0.466. The standard InChI is InChI=1S/C17H18FNO/c1-12(15-9-8-14(20)11-16(15)18)19-10-4-6-13-5-2-3-7-17(13)19/h2-3,5,7-9,11-12,20H,4,6,10H2,1H3. The lowest BCUT2D eigenvalue weighted by Gasteiger charge is -2.36. The Labute approximate surface area is 118 Å². The summed E-state index contributed by atoms with van der Waals surface area (Å²) in [6, 6.07) is 12.7. The highest BCUT2D eigenvalue weighted by Crippen LogP contribution is 2.35. The van der Waals surface area contributed by atoms with Crippen LogP contribution in [-0.2, 0) is 6.42 Å². The highest BCUT2D eigenvalue weighted by molar-refractivity contribution is 5.57. The van der Waals surface area contributed by atoms with Crippen molar-refractivity contribution in [3.63, 3.8) is 0 Å². The number of fused-ring (bicyclic) bond motifs is 1. The van der Waals surface area contributed by atoms with Gasteiger partial charge in [0.05, 0.1) is 6.04 Å². The Bertz CT molecular complexity index is 626. The third-order valence-electron chi connectivity index (χ3n) is 4.05. The molecule has 0 saturated heterocycles. The third kappa shape index (κ3) is 2.24. The maximum absolute atomic E-state index is 14.0. The van der Waals surface area contributed by atoms with Gasteiger partial charge in [0.25, 0.3) is 0 Å². The quantitative estimate of drug-likeness (QED) is 0.891. The summed E-state index contributed by atoms with van der Waals surface area (Å²) >= 11 is 0. The molecule has 2 aromatic rings. The first-order chi connectivity index (χ1) is 9.66. The van der Waals surface area contributed by atoms with Crippen LogP contribution in [0.5, 0.6) is 5.75 Å². The van der Waals surface area contributed by atoms with Crippen molar-refractivity contribution in [1.82, 2.24) is 0 Å². The Morgan fingerprint density at radius 3 is 2.80 bits per heavy atom. The largest absolute Gasteiger partial charge is 0.508 e. The first-order valence-corrected chi connectivity index (χ1v) is 7.00. The molecule has 3 heteroatoms. The molecule has 0 amide bonds. The molecule has 0 radical (unpaired) electrons. The fraction of sp³-hybridized carbons (Fsp3) is 0.294. The minimum Gasteiger partial charge on any atom is -0.508 e. The zero-order chi connectivity index (χ0) is 14.1. The van der Waals surface area contributed by atoms with Crippen LogP contribution in [0.15, 0.2) is 42.5 Å². The molecule has 2 nitrogen and oxygen atoms in total. The Kier molecular flexibility index (Phi) is 3.35. The van der Waals surface area contributed by atoms with E-state index in [0.29, 0.717) is 5.56 Å². The van der Waals surface area contributed by atoms with Crippen LogP contribution in [0.4, 0.5) is 10.1 Å². The van der Waals surface area contributed by atoms with Gasteiger partial charge in [-0.3, -0.25) is 0 Å². The van der Waals surface area contributed by atoms with Gasteiger partial charge in [-0.1, -0.05) is 24.3 Å². The van der Waals surface area contributed by atoms with Crippen molar-refractivity contribution in [3.8, 4) is 5.75 Å². The van der Waals surface area contributed by atoms with Crippen molar-refractivity contribution in [2.45, 2.75) is 25.8 Å². The molecule has 1 unspecified atom stereocenters. The van der Waals surface area contributed by atoms with Gasteiger partial charge in [0.2, 0.25) is 0 Å². The lowest BCUT2D eigenvalue weighted by Crippen LogP contribution is -2.32. The number of aromatic hydroxyl groups is 1. The van der Waals surface area contributed by atoms with Crippen LogP contribution in [0.25, 0.3) is 0 Å². The molecule has 104 valence electrons. The number of benzene rings is 2. The summed E-state index contributed by atoms with van der Waals surface area (Å²) in [4.78, 5) is 2.24. The summed E-state index contributed by atoms with van der Waals surface area (Å²) in [7, 11) is 0. The number of hydrogen-bond acceptors (Lipinski definition) is 2. The van der Waals surface area contributed by atoms with Crippen molar-refractivity contribution in [2.75, 3.05) is 11.4 Å². The van der Waals surface area contributed by atoms with Gasteiger partial charge in [0.1, 0.15) is 11.6 Å². The summed E-state index contributed by atoms with van der Waals surface area (Å²) in [5.41, 5.74) is 3.14. The fourth-order valence-electron chi connectivity index (χ4n) is 2.99. The number of halogens is 1. The summed E-state index contributed by atoms with van der Waals surface area (Å²) in [5, 5.41) is 9.33. The van der Waals surface area contributed by atoms with E-state index < -0.39 is 0 Å². The SMILES string of the molecule is CC(c1ccc(O)cc1F)N1CCCc2ccccc21. The van der Waals surface area contributed by atoms with Crippen molar-refractivity contribution < 1.29 is 9.50 Å². The molecular weight excluding hydrogens is 253 g/mol.